The fourth-order valence-electron chi connectivity index (χ4n) is 2.83. The first-order valence-electron chi connectivity index (χ1n) is 10.1. The molecule has 29 heavy (non-hydrogen) atoms. The molecule has 0 bridgehead atoms. The molecular weight excluding hydrogens is 395 g/mol. The summed E-state index contributed by atoms with van der Waals surface area (Å²) in [6.45, 7) is 5.57. The summed E-state index contributed by atoms with van der Waals surface area (Å²) in [5, 5.41) is 1.78. The van der Waals surface area contributed by atoms with E-state index in [0.29, 0.717) is 25.6 Å². The van der Waals surface area contributed by atoms with E-state index in [2.05, 4.69) is 6.92 Å². The van der Waals surface area contributed by atoms with Gasteiger partial charge in [-0.15, -0.1) is 0 Å². The summed E-state index contributed by atoms with van der Waals surface area (Å²) in [4.78, 5) is 15.3. The Morgan fingerprint density at radius 2 is 1.69 bits per heavy atom. The number of phosphoric acid groups is 1. The normalized spacial score (nSPS) is 13.5. The maximum Gasteiger partial charge on any atom is 0.508 e. The Morgan fingerprint density at radius 3 is 2.48 bits per heavy atom. The molecule has 0 aliphatic rings. The summed E-state index contributed by atoms with van der Waals surface area (Å²) in [6.07, 6.45) is 3.99. The van der Waals surface area contributed by atoms with Crippen molar-refractivity contribution in [2.75, 3.05) is 33.0 Å². The van der Waals surface area contributed by atoms with Crippen LogP contribution in [0, 0.1) is 0 Å². The van der Waals surface area contributed by atoms with Crippen LogP contribution in [-0.2, 0) is 29.7 Å². The summed E-state index contributed by atoms with van der Waals surface area (Å²) in [7, 11) is -4.38. The molecule has 1 unspecified atom stereocenters. The van der Waals surface area contributed by atoms with Crippen molar-refractivity contribution < 1.29 is 33.0 Å². The van der Waals surface area contributed by atoms with Gasteiger partial charge in [0, 0.05) is 12.0 Å². The van der Waals surface area contributed by atoms with E-state index in [-0.39, 0.29) is 13.2 Å². The van der Waals surface area contributed by atoms with Crippen LogP contribution in [0.5, 0.6) is 5.75 Å². The molecule has 0 saturated carbocycles. The van der Waals surface area contributed by atoms with Gasteiger partial charge in [-0.3, -0.25) is 4.52 Å². The van der Waals surface area contributed by atoms with Crippen molar-refractivity contribution in [3.63, 3.8) is 0 Å². The lowest BCUT2D eigenvalue weighted by Gasteiger charge is -2.15. The van der Waals surface area contributed by atoms with E-state index < -0.39 is 7.82 Å². The predicted octanol–water partition coefficient (Wildman–Crippen LogP) is 5.05. The number of fused-ring (bicyclic) bond motifs is 1. The number of hydrogen-bond donors (Lipinski definition) is 1. The third kappa shape index (κ3) is 8.42. The summed E-state index contributed by atoms with van der Waals surface area (Å²) >= 11 is 0. The van der Waals surface area contributed by atoms with Gasteiger partial charge in [0.15, 0.2) is 5.75 Å². The number of hydrogen-bond acceptors (Lipinski definition) is 6. The van der Waals surface area contributed by atoms with E-state index in [9.17, 15) is 9.46 Å². The van der Waals surface area contributed by atoms with Crippen LogP contribution in [0.25, 0.3) is 10.8 Å². The van der Waals surface area contributed by atoms with Crippen molar-refractivity contribution in [2.24, 2.45) is 0 Å². The highest BCUT2D eigenvalue weighted by atomic mass is 31.2. The number of rotatable bonds is 15. The molecule has 0 spiro atoms. The average molecular weight is 426 g/mol. The van der Waals surface area contributed by atoms with Crippen LogP contribution in [0.15, 0.2) is 36.4 Å². The zero-order chi connectivity index (χ0) is 21.0. The predicted molar refractivity (Wildman–Crippen MR) is 112 cm³/mol. The van der Waals surface area contributed by atoms with Crippen molar-refractivity contribution in [2.45, 2.75) is 39.5 Å². The average Bonchev–Trinajstić information content (AvgIpc) is 2.72. The molecule has 0 aromatic heterocycles. The van der Waals surface area contributed by atoms with Crippen molar-refractivity contribution in [3.05, 3.63) is 42.0 Å². The van der Waals surface area contributed by atoms with Gasteiger partial charge in [-0.25, -0.2) is 4.57 Å². The van der Waals surface area contributed by atoms with Gasteiger partial charge in [0.1, 0.15) is 0 Å². The molecule has 0 aliphatic heterocycles. The third-order valence-electron chi connectivity index (χ3n) is 4.28. The number of phosphoric ester groups is 1. The minimum absolute atomic E-state index is 0.0951. The maximum absolute atomic E-state index is 12.1. The molecule has 1 N–H and O–H groups in total. The van der Waals surface area contributed by atoms with E-state index >= 15 is 0 Å². The van der Waals surface area contributed by atoms with Crippen molar-refractivity contribution >= 4 is 18.6 Å². The molecule has 8 heteroatoms. The Kier molecular flexibility index (Phi) is 10.6. The summed E-state index contributed by atoms with van der Waals surface area (Å²) in [6, 6.07) is 11.6. The Balaban J connectivity index is 1.95. The third-order valence-corrected chi connectivity index (χ3v) is 5.06. The molecule has 2 aromatic rings. The molecule has 0 radical (unpaired) electrons. The Labute approximate surface area is 172 Å². The Hall–Kier alpha value is -1.47. The number of benzene rings is 2. The molecule has 1 atom stereocenters. The monoisotopic (exact) mass is 426 g/mol. The largest absolute Gasteiger partial charge is 0.508 e. The van der Waals surface area contributed by atoms with Crippen LogP contribution < -0.4 is 4.89 Å². The van der Waals surface area contributed by atoms with Crippen molar-refractivity contribution in [3.8, 4) is 5.75 Å². The Morgan fingerprint density at radius 1 is 0.931 bits per heavy atom. The van der Waals surface area contributed by atoms with E-state index in [1.54, 1.807) is 0 Å². The van der Waals surface area contributed by atoms with Gasteiger partial charge in [-0.1, -0.05) is 60.8 Å². The summed E-state index contributed by atoms with van der Waals surface area (Å²) in [5.74, 6) is 0.449. The zero-order valence-electron chi connectivity index (χ0n) is 17.2. The topological polar surface area (TPSA) is 83.5 Å². The highest BCUT2D eigenvalue weighted by Gasteiger charge is 2.25. The van der Waals surface area contributed by atoms with Crippen LogP contribution in [0.2, 0.25) is 0 Å². The second-order valence-corrected chi connectivity index (χ2v) is 7.85. The van der Waals surface area contributed by atoms with E-state index in [1.165, 1.54) is 0 Å². The molecule has 0 fully saturated rings. The summed E-state index contributed by atoms with van der Waals surface area (Å²) in [5.41, 5.74) is 0.927. The minimum atomic E-state index is -4.38. The van der Waals surface area contributed by atoms with Gasteiger partial charge in [-0.2, -0.15) is 0 Å². The molecule has 7 nitrogen and oxygen atoms in total. The second kappa shape index (κ2) is 13.0. The quantitative estimate of drug-likeness (QED) is 0.185. The smallest absolute Gasteiger partial charge is 0.379 e. The molecule has 2 aromatic carbocycles. The first-order chi connectivity index (χ1) is 14.1. The van der Waals surface area contributed by atoms with E-state index in [4.69, 9.17) is 23.6 Å². The molecule has 0 aliphatic carbocycles. The molecule has 0 saturated heterocycles. The summed E-state index contributed by atoms with van der Waals surface area (Å²) < 4.78 is 32.2. The highest BCUT2D eigenvalue weighted by Crippen LogP contribution is 2.44. The van der Waals surface area contributed by atoms with Gasteiger partial charge < -0.3 is 19.3 Å². The number of aryl methyl sites for hydroxylation is 1. The fourth-order valence-corrected chi connectivity index (χ4v) is 3.35. The number of unbranched alkanes of at least 4 members (excludes halogenated alkanes) is 2. The van der Waals surface area contributed by atoms with Gasteiger partial charge in [0.2, 0.25) is 0 Å². The molecular formula is C21H31O7P. The van der Waals surface area contributed by atoms with Crippen LogP contribution in [0.3, 0.4) is 0 Å². The van der Waals surface area contributed by atoms with Gasteiger partial charge in [0.05, 0.1) is 26.4 Å². The van der Waals surface area contributed by atoms with Crippen molar-refractivity contribution in [1.82, 2.24) is 0 Å². The Bertz CT molecular complexity index is 781. The fraction of sp³-hybridized carbons (Fsp3) is 0.524. The lowest BCUT2D eigenvalue weighted by atomic mass is 10.0. The zero-order valence-corrected chi connectivity index (χ0v) is 18.1. The number of ether oxygens (including phenoxy) is 2. The van der Waals surface area contributed by atoms with Gasteiger partial charge in [-0.05, 0) is 30.7 Å². The van der Waals surface area contributed by atoms with Gasteiger partial charge in [0.25, 0.3) is 0 Å². The molecule has 162 valence electrons. The SMILES string of the molecule is CCCCCc1ccc2ccccc2c1OOP(=O)(O)OCCOCCOCC. The van der Waals surface area contributed by atoms with E-state index in [1.807, 2.05) is 43.3 Å². The lowest BCUT2D eigenvalue weighted by Crippen LogP contribution is -2.09. The first-order valence-corrected chi connectivity index (χ1v) is 11.6. The lowest BCUT2D eigenvalue weighted by molar-refractivity contribution is -0.128. The molecule has 0 amide bonds. The standard InChI is InChI=1S/C21H31O7P/c1-3-5-6-10-19-13-12-18-9-7-8-11-20(18)21(19)27-28-29(22,23)26-17-16-25-15-14-24-4-2/h7-9,11-13H,3-6,10,14-17H2,1-2H3,(H,22,23). The highest BCUT2D eigenvalue weighted by molar-refractivity contribution is 7.47. The van der Waals surface area contributed by atoms with Crippen LogP contribution in [0.4, 0.5) is 0 Å². The van der Waals surface area contributed by atoms with Crippen LogP contribution in [0.1, 0.15) is 38.7 Å². The van der Waals surface area contributed by atoms with Crippen LogP contribution in [-0.4, -0.2) is 37.9 Å². The molecule has 0 heterocycles. The maximum atomic E-state index is 12.1. The van der Waals surface area contributed by atoms with E-state index in [0.717, 1.165) is 42.0 Å². The van der Waals surface area contributed by atoms with Gasteiger partial charge >= 0.3 is 7.82 Å². The van der Waals surface area contributed by atoms with Crippen LogP contribution >= 0.6 is 7.82 Å². The van der Waals surface area contributed by atoms with Crippen molar-refractivity contribution in [1.29, 1.82) is 0 Å². The first kappa shape index (κ1) is 23.8. The second-order valence-electron chi connectivity index (χ2n) is 6.50. The molecule has 2 rings (SSSR count). The minimum Gasteiger partial charge on any atom is -0.379 e.